The molecule has 4 nitrogen and oxygen atoms in total. The number of amides is 1. The molecule has 0 bridgehead atoms. The zero-order valence-corrected chi connectivity index (χ0v) is 12.5. The first-order chi connectivity index (χ1) is 9.81. The van der Waals surface area contributed by atoms with E-state index in [1.54, 1.807) is 6.92 Å². The van der Waals surface area contributed by atoms with Crippen LogP contribution in [-0.4, -0.2) is 30.1 Å². The van der Waals surface area contributed by atoms with Gasteiger partial charge in [-0.05, 0) is 30.5 Å². The number of halogens is 2. The van der Waals surface area contributed by atoms with Gasteiger partial charge in [-0.1, -0.05) is 19.9 Å². The molecule has 0 aliphatic carbocycles. The minimum atomic E-state index is -1.01. The van der Waals surface area contributed by atoms with Gasteiger partial charge >= 0.3 is 0 Å². The molecule has 2 unspecified atom stereocenters. The molecule has 1 aromatic rings. The third-order valence-corrected chi connectivity index (χ3v) is 3.02. The fourth-order valence-electron chi connectivity index (χ4n) is 1.68. The monoisotopic (exact) mass is 300 g/mol. The molecule has 6 heteroatoms. The number of aliphatic hydroxyl groups excluding tert-OH is 1. The molecule has 21 heavy (non-hydrogen) atoms. The summed E-state index contributed by atoms with van der Waals surface area (Å²) in [7, 11) is 0. The van der Waals surface area contributed by atoms with E-state index in [1.165, 1.54) is 6.07 Å². The summed E-state index contributed by atoms with van der Waals surface area (Å²) < 4.78 is 25.9. The van der Waals surface area contributed by atoms with Gasteiger partial charge < -0.3 is 15.7 Å². The molecule has 1 rings (SSSR count). The molecule has 0 saturated heterocycles. The maximum Gasteiger partial charge on any atom is 0.236 e. The lowest BCUT2D eigenvalue weighted by molar-refractivity contribution is -0.123. The first-order valence-corrected chi connectivity index (χ1v) is 6.95. The number of benzene rings is 1. The number of aliphatic hydroxyl groups is 1. The lowest BCUT2D eigenvalue weighted by atomic mass is 10.1. The highest BCUT2D eigenvalue weighted by Gasteiger charge is 2.16. The second kappa shape index (κ2) is 8.05. The van der Waals surface area contributed by atoms with E-state index in [-0.39, 0.29) is 18.0 Å². The van der Waals surface area contributed by atoms with E-state index in [9.17, 15) is 18.7 Å². The van der Waals surface area contributed by atoms with Crippen LogP contribution in [0.3, 0.4) is 0 Å². The Balaban J connectivity index is 2.46. The number of hydrogen-bond acceptors (Lipinski definition) is 3. The minimum absolute atomic E-state index is 0.0708. The normalized spacial score (nSPS) is 14.0. The van der Waals surface area contributed by atoms with Gasteiger partial charge in [-0.3, -0.25) is 4.79 Å². The Morgan fingerprint density at radius 2 is 1.86 bits per heavy atom. The molecule has 0 saturated carbocycles. The summed E-state index contributed by atoms with van der Waals surface area (Å²) in [5, 5.41) is 15.5. The minimum Gasteiger partial charge on any atom is -0.387 e. The molecule has 1 aromatic carbocycles. The molecule has 0 spiro atoms. The van der Waals surface area contributed by atoms with E-state index in [2.05, 4.69) is 10.6 Å². The number of carbonyl (C=O) groups is 1. The van der Waals surface area contributed by atoms with Crippen molar-refractivity contribution < 1.29 is 18.7 Å². The van der Waals surface area contributed by atoms with Crippen molar-refractivity contribution >= 4 is 5.91 Å². The van der Waals surface area contributed by atoms with E-state index < -0.39 is 23.8 Å². The number of hydrogen-bond donors (Lipinski definition) is 3. The van der Waals surface area contributed by atoms with Gasteiger partial charge in [0.25, 0.3) is 0 Å². The third-order valence-electron chi connectivity index (χ3n) is 3.02. The van der Waals surface area contributed by atoms with Crippen molar-refractivity contribution in [1.82, 2.24) is 10.6 Å². The lowest BCUT2D eigenvalue weighted by Gasteiger charge is -2.18. The van der Waals surface area contributed by atoms with Crippen molar-refractivity contribution in [2.75, 3.05) is 13.1 Å². The number of nitrogens with one attached hydrogen (secondary N) is 2. The van der Waals surface area contributed by atoms with Crippen LogP contribution in [0, 0.1) is 17.6 Å². The van der Waals surface area contributed by atoms with Gasteiger partial charge in [-0.2, -0.15) is 0 Å². The fourth-order valence-corrected chi connectivity index (χ4v) is 1.68. The summed E-state index contributed by atoms with van der Waals surface area (Å²) in [5.74, 6) is -1.77. The van der Waals surface area contributed by atoms with Crippen LogP contribution in [0.15, 0.2) is 18.2 Å². The molecule has 0 radical (unpaired) electrons. The van der Waals surface area contributed by atoms with Crippen molar-refractivity contribution in [3.05, 3.63) is 35.4 Å². The van der Waals surface area contributed by atoms with Crippen LogP contribution in [0.25, 0.3) is 0 Å². The molecule has 2 atom stereocenters. The Hall–Kier alpha value is -1.53. The molecule has 0 heterocycles. The van der Waals surface area contributed by atoms with Crippen molar-refractivity contribution in [2.45, 2.75) is 32.9 Å². The predicted octanol–water partition coefficient (Wildman–Crippen LogP) is 1.75. The van der Waals surface area contributed by atoms with Crippen LogP contribution in [0.4, 0.5) is 8.78 Å². The second-order valence-electron chi connectivity index (χ2n) is 5.46. The second-order valence-corrected chi connectivity index (χ2v) is 5.46. The molecular formula is C15H22F2N2O2. The number of rotatable bonds is 7. The van der Waals surface area contributed by atoms with Gasteiger partial charge in [-0.15, -0.1) is 0 Å². The molecule has 118 valence electrons. The summed E-state index contributed by atoms with van der Waals surface area (Å²) in [6.07, 6.45) is -1.01. The maximum atomic E-state index is 13.1. The van der Waals surface area contributed by atoms with E-state index in [4.69, 9.17) is 0 Å². The molecular weight excluding hydrogens is 278 g/mol. The third kappa shape index (κ3) is 5.77. The van der Waals surface area contributed by atoms with E-state index in [0.717, 1.165) is 12.1 Å². The van der Waals surface area contributed by atoms with Crippen LogP contribution >= 0.6 is 0 Å². The van der Waals surface area contributed by atoms with E-state index >= 15 is 0 Å². The van der Waals surface area contributed by atoms with Gasteiger partial charge in [-0.25, -0.2) is 8.78 Å². The average Bonchev–Trinajstić information content (AvgIpc) is 2.44. The Kier molecular flexibility index (Phi) is 6.71. The highest BCUT2D eigenvalue weighted by atomic mass is 19.2. The van der Waals surface area contributed by atoms with Crippen LogP contribution < -0.4 is 10.6 Å². The van der Waals surface area contributed by atoms with Crippen LogP contribution in [-0.2, 0) is 4.79 Å². The first-order valence-electron chi connectivity index (χ1n) is 6.95. The van der Waals surface area contributed by atoms with E-state index in [1.807, 2.05) is 13.8 Å². The topological polar surface area (TPSA) is 61.4 Å². The van der Waals surface area contributed by atoms with Gasteiger partial charge in [0.15, 0.2) is 11.6 Å². The lowest BCUT2D eigenvalue weighted by Crippen LogP contribution is -2.44. The molecule has 0 fully saturated rings. The number of carbonyl (C=O) groups excluding carboxylic acids is 1. The standard InChI is InChI=1S/C15H22F2N2O2/c1-9(2)7-19-15(21)10(3)18-8-14(20)11-4-5-12(16)13(17)6-11/h4-6,9-10,14,18,20H,7-8H2,1-3H3,(H,19,21). The summed E-state index contributed by atoms with van der Waals surface area (Å²) in [4.78, 5) is 11.7. The van der Waals surface area contributed by atoms with Crippen LogP contribution in [0.2, 0.25) is 0 Å². The summed E-state index contributed by atoms with van der Waals surface area (Å²) >= 11 is 0. The summed E-state index contributed by atoms with van der Waals surface area (Å²) in [6, 6.07) is 2.75. The van der Waals surface area contributed by atoms with Gasteiger partial charge in [0.1, 0.15) is 0 Å². The summed E-state index contributed by atoms with van der Waals surface area (Å²) in [6.45, 7) is 6.31. The summed E-state index contributed by atoms with van der Waals surface area (Å²) in [5.41, 5.74) is 0.260. The van der Waals surface area contributed by atoms with Crippen molar-refractivity contribution in [3.8, 4) is 0 Å². The molecule has 0 aliphatic heterocycles. The smallest absolute Gasteiger partial charge is 0.236 e. The average molecular weight is 300 g/mol. The van der Waals surface area contributed by atoms with Crippen LogP contribution in [0.1, 0.15) is 32.4 Å². The van der Waals surface area contributed by atoms with Gasteiger partial charge in [0.2, 0.25) is 5.91 Å². The van der Waals surface area contributed by atoms with E-state index in [0.29, 0.717) is 12.5 Å². The Morgan fingerprint density at radius 1 is 1.19 bits per heavy atom. The SMILES string of the molecule is CC(C)CNC(=O)C(C)NCC(O)c1ccc(F)c(F)c1. The van der Waals surface area contributed by atoms with Gasteiger partial charge in [0.05, 0.1) is 12.1 Å². The molecule has 0 aliphatic rings. The Morgan fingerprint density at radius 3 is 2.43 bits per heavy atom. The molecule has 1 amide bonds. The zero-order chi connectivity index (χ0) is 16.0. The van der Waals surface area contributed by atoms with Gasteiger partial charge in [0, 0.05) is 13.1 Å². The largest absolute Gasteiger partial charge is 0.387 e. The Bertz CT molecular complexity index is 481. The molecule has 0 aromatic heterocycles. The first kappa shape index (κ1) is 17.5. The highest BCUT2D eigenvalue weighted by molar-refractivity contribution is 5.81. The maximum absolute atomic E-state index is 13.1. The Labute approximate surface area is 123 Å². The zero-order valence-electron chi connectivity index (χ0n) is 12.5. The predicted molar refractivity (Wildman–Crippen MR) is 76.6 cm³/mol. The molecule has 3 N–H and O–H groups in total. The highest BCUT2D eigenvalue weighted by Crippen LogP contribution is 2.15. The quantitative estimate of drug-likeness (QED) is 0.719. The fraction of sp³-hybridized carbons (Fsp3) is 0.533. The van der Waals surface area contributed by atoms with Crippen molar-refractivity contribution in [3.63, 3.8) is 0 Å². The van der Waals surface area contributed by atoms with Crippen LogP contribution in [0.5, 0.6) is 0 Å². The van der Waals surface area contributed by atoms with Crippen molar-refractivity contribution in [2.24, 2.45) is 5.92 Å². The van der Waals surface area contributed by atoms with Crippen molar-refractivity contribution in [1.29, 1.82) is 0 Å².